The summed E-state index contributed by atoms with van der Waals surface area (Å²) in [6, 6.07) is 8.32. The molecule has 1 aliphatic carbocycles. The molecule has 3 unspecified atom stereocenters. The second kappa shape index (κ2) is 32.1. The summed E-state index contributed by atoms with van der Waals surface area (Å²) in [5, 5.41) is 75.8. The molecule has 1 aliphatic rings. The number of carboxylic acid groups (broad SMARTS) is 6. The van der Waals surface area contributed by atoms with Crippen LogP contribution < -0.4 is 37.2 Å². The highest BCUT2D eigenvalue weighted by Gasteiger charge is 2.31. The molecule has 13 N–H and O–H groups in total. The number of nitrogens with one attached hydrogen (secondary N) is 7. The number of unbranched alkanes of at least 4 members (excludes halogenated alkanes) is 1. The third kappa shape index (κ3) is 23.8. The standard InChI is InChI=1S/C47H69N9O16/c57-38(26-48-18-20-55(28-41(62)63)22-23-56(29-42(64)65)21-19-49-27-40(60)61)51-25-30-11-13-32(14-12-30)43(66)52-37(24-33-8-5-7-31-6-1-2-9-34(31)33)44(67)50-17-4-3-10-35(45(68)69)53-47(72)54-36(46(70)71)15-16-39(58)59/h1-2,5-9,30,32,35-37,48-49H,3-4,10-29H2,(H,50,67)(H,51,57)(H,52,66)(H,58,59)(H,60,61)(H,62,63)(H,64,65)(H,68,69)(H,70,71)(H2,53,54,72). The number of hydrogen-bond donors (Lipinski definition) is 13. The number of nitrogens with zero attached hydrogens (tertiary/aromatic N) is 2. The number of hydrogen-bond acceptors (Lipinski definition) is 14. The van der Waals surface area contributed by atoms with Gasteiger partial charge in [0.05, 0.1) is 26.2 Å². The molecule has 0 bridgehead atoms. The van der Waals surface area contributed by atoms with Gasteiger partial charge in [-0.3, -0.25) is 43.4 Å². The SMILES string of the molecule is O=C(O)CCC(NC(=O)NC(CCCCNC(=O)C(Cc1cccc2ccccc12)NC(=O)C1CCC(CNC(=O)CNCCN(CCN(CCNCC(=O)O)CC(=O)O)CC(=O)O)CC1)C(=O)O)C(=O)O. The maximum atomic E-state index is 13.8. The van der Waals surface area contributed by atoms with Crippen molar-refractivity contribution in [1.82, 2.24) is 47.0 Å². The number of benzene rings is 2. The summed E-state index contributed by atoms with van der Waals surface area (Å²) in [5.41, 5.74) is 0.836. The van der Waals surface area contributed by atoms with Gasteiger partial charge >= 0.3 is 41.8 Å². The van der Waals surface area contributed by atoms with Gasteiger partial charge in [-0.05, 0) is 73.6 Å². The van der Waals surface area contributed by atoms with Gasteiger partial charge in [0.25, 0.3) is 0 Å². The number of rotatable bonds is 36. The number of urea groups is 1. The van der Waals surface area contributed by atoms with E-state index in [9.17, 15) is 68.4 Å². The summed E-state index contributed by atoms with van der Waals surface area (Å²) in [4.78, 5) is 124. The van der Waals surface area contributed by atoms with E-state index in [4.69, 9.17) is 10.2 Å². The fourth-order valence-electron chi connectivity index (χ4n) is 8.16. The fraction of sp³-hybridized carbons (Fsp3) is 0.574. The molecule has 0 aliphatic heterocycles. The smallest absolute Gasteiger partial charge is 0.326 e. The molecule has 0 saturated heterocycles. The van der Waals surface area contributed by atoms with Crippen molar-refractivity contribution in [1.29, 1.82) is 0 Å². The van der Waals surface area contributed by atoms with Gasteiger partial charge in [-0.15, -0.1) is 0 Å². The maximum Gasteiger partial charge on any atom is 0.326 e. The topological polar surface area (TPSA) is 383 Å². The van der Waals surface area contributed by atoms with Crippen molar-refractivity contribution in [2.24, 2.45) is 11.8 Å². The third-order valence-corrected chi connectivity index (χ3v) is 12.0. The molecular weight excluding hydrogens is 947 g/mol. The lowest BCUT2D eigenvalue weighted by atomic mass is 9.81. The minimum Gasteiger partial charge on any atom is -0.481 e. The molecule has 1 fully saturated rings. The van der Waals surface area contributed by atoms with Crippen LogP contribution in [0.3, 0.4) is 0 Å². The number of carboxylic acids is 6. The van der Waals surface area contributed by atoms with Crippen LogP contribution in [0.1, 0.15) is 63.4 Å². The quantitative estimate of drug-likeness (QED) is 0.0371. The Hall–Kier alpha value is -6.96. The summed E-state index contributed by atoms with van der Waals surface area (Å²) in [5.74, 6) is -8.64. The average Bonchev–Trinajstić information content (AvgIpc) is 3.32. The van der Waals surface area contributed by atoms with Gasteiger partial charge in [-0.1, -0.05) is 42.5 Å². The van der Waals surface area contributed by atoms with E-state index >= 15 is 0 Å². The molecule has 2 aromatic rings. The first-order valence-corrected chi connectivity index (χ1v) is 23.9. The molecule has 0 spiro atoms. The zero-order valence-corrected chi connectivity index (χ0v) is 40.1. The lowest BCUT2D eigenvalue weighted by Crippen LogP contribution is -2.51. The predicted octanol–water partition coefficient (Wildman–Crippen LogP) is -0.816. The van der Waals surface area contributed by atoms with Crippen LogP contribution in [0.5, 0.6) is 0 Å². The highest BCUT2D eigenvalue weighted by Crippen LogP contribution is 2.29. The molecule has 0 aromatic heterocycles. The molecule has 398 valence electrons. The van der Waals surface area contributed by atoms with Gasteiger partial charge in [-0.25, -0.2) is 14.4 Å². The Morgan fingerprint density at radius 1 is 0.569 bits per heavy atom. The summed E-state index contributed by atoms with van der Waals surface area (Å²) >= 11 is 0. The molecule has 3 rings (SSSR count). The largest absolute Gasteiger partial charge is 0.481 e. The van der Waals surface area contributed by atoms with Gasteiger partial charge in [0.15, 0.2) is 0 Å². The number of carbonyl (C=O) groups excluding carboxylic acids is 4. The van der Waals surface area contributed by atoms with Crippen LogP contribution in [0, 0.1) is 11.8 Å². The van der Waals surface area contributed by atoms with Crippen LogP contribution in [-0.4, -0.2) is 197 Å². The zero-order chi connectivity index (χ0) is 53.0. The summed E-state index contributed by atoms with van der Waals surface area (Å²) in [7, 11) is 0. The van der Waals surface area contributed by atoms with Crippen molar-refractivity contribution in [3.63, 3.8) is 0 Å². The Labute approximate surface area is 415 Å². The average molecular weight is 1020 g/mol. The third-order valence-electron chi connectivity index (χ3n) is 12.0. The molecule has 72 heavy (non-hydrogen) atoms. The van der Waals surface area contributed by atoms with E-state index in [-0.39, 0.29) is 115 Å². The van der Waals surface area contributed by atoms with Crippen LogP contribution in [0.15, 0.2) is 42.5 Å². The van der Waals surface area contributed by atoms with Crippen molar-refractivity contribution in [3.8, 4) is 0 Å². The Kier molecular flexibility index (Phi) is 26.5. The van der Waals surface area contributed by atoms with Crippen molar-refractivity contribution < 1.29 is 78.6 Å². The molecule has 25 heteroatoms. The molecule has 0 radical (unpaired) electrons. The number of fused-ring (bicyclic) bond motifs is 1. The lowest BCUT2D eigenvalue weighted by molar-refractivity contribution is -0.141. The zero-order valence-electron chi connectivity index (χ0n) is 40.1. The first-order valence-electron chi connectivity index (χ1n) is 23.9. The number of aliphatic carboxylic acids is 6. The minimum atomic E-state index is -1.55. The fourth-order valence-corrected chi connectivity index (χ4v) is 8.16. The molecule has 25 nitrogen and oxygen atoms in total. The first kappa shape index (κ1) is 59.3. The van der Waals surface area contributed by atoms with Crippen molar-refractivity contribution in [2.45, 2.75) is 82.3 Å². The van der Waals surface area contributed by atoms with Crippen LogP contribution >= 0.6 is 0 Å². The molecule has 2 aromatic carbocycles. The van der Waals surface area contributed by atoms with Crippen LogP contribution in [0.4, 0.5) is 4.79 Å². The number of carbonyl (C=O) groups is 10. The number of amides is 5. The van der Waals surface area contributed by atoms with E-state index in [2.05, 4.69) is 37.2 Å². The monoisotopic (exact) mass is 1020 g/mol. The van der Waals surface area contributed by atoms with Crippen molar-refractivity contribution in [3.05, 3.63) is 48.0 Å². The van der Waals surface area contributed by atoms with Gasteiger partial charge in [0.1, 0.15) is 18.1 Å². The lowest BCUT2D eigenvalue weighted by Gasteiger charge is -2.29. The Morgan fingerprint density at radius 3 is 1.74 bits per heavy atom. The summed E-state index contributed by atoms with van der Waals surface area (Å²) < 4.78 is 0. The minimum absolute atomic E-state index is 0.0344. The van der Waals surface area contributed by atoms with Gasteiger partial charge in [0.2, 0.25) is 17.7 Å². The highest BCUT2D eigenvalue weighted by molar-refractivity contribution is 5.91. The van der Waals surface area contributed by atoms with Gasteiger partial charge in [-0.2, -0.15) is 0 Å². The molecule has 3 atom stereocenters. The maximum absolute atomic E-state index is 13.8. The van der Waals surface area contributed by atoms with E-state index in [1.54, 1.807) is 9.80 Å². The molecular formula is C47H69N9O16. The molecule has 1 saturated carbocycles. The normalized spacial score (nSPS) is 15.7. The second-order valence-electron chi connectivity index (χ2n) is 17.6. The molecule has 5 amide bonds. The van der Waals surface area contributed by atoms with Crippen molar-refractivity contribution in [2.75, 3.05) is 78.5 Å². The van der Waals surface area contributed by atoms with E-state index in [0.29, 0.717) is 38.6 Å². The van der Waals surface area contributed by atoms with E-state index < -0.39 is 78.7 Å². The highest BCUT2D eigenvalue weighted by atomic mass is 16.4. The Morgan fingerprint density at radius 2 is 1.15 bits per heavy atom. The van der Waals surface area contributed by atoms with Crippen LogP contribution in [0.25, 0.3) is 10.8 Å². The van der Waals surface area contributed by atoms with Crippen LogP contribution in [-0.2, 0) is 49.6 Å². The van der Waals surface area contributed by atoms with E-state index in [1.807, 2.05) is 42.5 Å². The summed E-state index contributed by atoms with van der Waals surface area (Å²) in [6.07, 6.45) is 2.01. The van der Waals surface area contributed by atoms with Gasteiger partial charge < -0.3 is 67.9 Å². The van der Waals surface area contributed by atoms with E-state index in [1.165, 1.54) is 0 Å². The first-order chi connectivity index (χ1) is 34.3. The van der Waals surface area contributed by atoms with Gasteiger partial charge in [0, 0.05) is 71.1 Å². The Balaban J connectivity index is 1.47. The Bertz CT molecular complexity index is 2150. The van der Waals surface area contributed by atoms with Crippen LogP contribution in [0.2, 0.25) is 0 Å². The summed E-state index contributed by atoms with van der Waals surface area (Å²) in [6.45, 7) is 0.976. The van der Waals surface area contributed by atoms with E-state index in [0.717, 1.165) is 16.3 Å². The van der Waals surface area contributed by atoms with Crippen molar-refractivity contribution >= 4 is 70.3 Å². The molecule has 0 heterocycles. The predicted molar refractivity (Wildman–Crippen MR) is 258 cm³/mol. The second-order valence-corrected chi connectivity index (χ2v) is 17.6.